The predicted octanol–water partition coefficient (Wildman–Crippen LogP) is 1.38. The molecule has 0 fully saturated rings. The number of hydrogen-bond acceptors (Lipinski definition) is 5. The Kier molecular flexibility index (Phi) is 3.85. The molecule has 2 heterocycles. The highest BCUT2D eigenvalue weighted by molar-refractivity contribution is 6.53. The van der Waals surface area contributed by atoms with E-state index in [9.17, 15) is 9.59 Å². The Balaban J connectivity index is 1.71. The van der Waals surface area contributed by atoms with E-state index in [1.165, 1.54) is 0 Å². The fourth-order valence-corrected chi connectivity index (χ4v) is 2.77. The number of amides is 1. The molecular weight excluding hydrogens is 334 g/mol. The number of carbonyl (C=O) groups is 1. The summed E-state index contributed by atoms with van der Waals surface area (Å²) < 4.78 is 6.26. The van der Waals surface area contributed by atoms with Crippen LogP contribution in [0.5, 0.6) is 5.75 Å². The Morgan fingerprint density at radius 3 is 2.65 bits per heavy atom. The largest absolute Gasteiger partial charge is 0.497 e. The molecule has 0 unspecified atom stereocenters. The van der Waals surface area contributed by atoms with Crippen LogP contribution in [0.3, 0.4) is 0 Å². The normalized spacial score (nSPS) is 14.3. The van der Waals surface area contributed by atoms with Crippen LogP contribution in [-0.2, 0) is 11.2 Å². The Bertz CT molecular complexity index is 1060. The highest BCUT2D eigenvalue weighted by Crippen LogP contribution is 2.23. The summed E-state index contributed by atoms with van der Waals surface area (Å²) >= 11 is 0. The number of H-pyrrole nitrogens is 1. The third-order valence-electron chi connectivity index (χ3n) is 4.08. The van der Waals surface area contributed by atoms with Crippen molar-refractivity contribution in [2.24, 2.45) is 5.10 Å². The second-order valence-corrected chi connectivity index (χ2v) is 5.73. The molecule has 1 aliphatic heterocycles. The second kappa shape index (κ2) is 6.32. The van der Waals surface area contributed by atoms with Crippen molar-refractivity contribution in [2.75, 3.05) is 12.4 Å². The van der Waals surface area contributed by atoms with E-state index in [1.54, 1.807) is 19.2 Å². The first-order valence-electron chi connectivity index (χ1n) is 7.94. The molecule has 0 spiro atoms. The summed E-state index contributed by atoms with van der Waals surface area (Å²) in [7, 11) is 1.60. The van der Waals surface area contributed by atoms with E-state index in [0.717, 1.165) is 16.0 Å². The van der Waals surface area contributed by atoms with Crippen molar-refractivity contribution < 1.29 is 9.53 Å². The van der Waals surface area contributed by atoms with Crippen molar-refractivity contribution in [1.29, 1.82) is 0 Å². The molecule has 26 heavy (non-hydrogen) atoms. The second-order valence-electron chi connectivity index (χ2n) is 5.73. The number of fused-ring (bicyclic) bond motifs is 1. The van der Waals surface area contributed by atoms with Crippen molar-refractivity contribution in [2.45, 2.75) is 6.42 Å². The van der Waals surface area contributed by atoms with Crippen LogP contribution in [0.15, 0.2) is 58.4 Å². The molecule has 8 heteroatoms. The van der Waals surface area contributed by atoms with Crippen LogP contribution in [0.4, 0.5) is 5.69 Å². The molecule has 1 aliphatic rings. The Labute approximate surface area is 148 Å². The van der Waals surface area contributed by atoms with E-state index in [4.69, 9.17) is 4.74 Å². The molecule has 0 saturated heterocycles. The molecule has 0 atom stereocenters. The van der Waals surface area contributed by atoms with Crippen LogP contribution in [0, 0.1) is 0 Å². The number of methoxy groups -OCH3 is 1. The number of nitrogens with one attached hydrogen (secondary N) is 2. The van der Waals surface area contributed by atoms with Gasteiger partial charge in [0.1, 0.15) is 5.75 Å². The third kappa shape index (κ3) is 2.77. The van der Waals surface area contributed by atoms with Gasteiger partial charge >= 0.3 is 5.69 Å². The van der Waals surface area contributed by atoms with Crippen molar-refractivity contribution >= 4 is 17.3 Å². The van der Waals surface area contributed by atoms with E-state index in [1.807, 2.05) is 36.4 Å². The lowest BCUT2D eigenvalue weighted by Gasteiger charge is -2.04. The highest BCUT2D eigenvalue weighted by atomic mass is 16.5. The van der Waals surface area contributed by atoms with Crippen molar-refractivity contribution in [1.82, 2.24) is 14.9 Å². The van der Waals surface area contributed by atoms with Gasteiger partial charge < -0.3 is 10.1 Å². The van der Waals surface area contributed by atoms with E-state index in [0.29, 0.717) is 23.5 Å². The van der Waals surface area contributed by atoms with E-state index < -0.39 is 5.69 Å². The lowest BCUT2D eigenvalue weighted by atomic mass is 10.1. The zero-order valence-corrected chi connectivity index (χ0v) is 13.9. The van der Waals surface area contributed by atoms with Crippen LogP contribution in [-0.4, -0.2) is 33.6 Å². The van der Waals surface area contributed by atoms with E-state index >= 15 is 0 Å². The van der Waals surface area contributed by atoms with Gasteiger partial charge in [0, 0.05) is 12.0 Å². The molecule has 2 aromatic carbocycles. The molecule has 0 radical (unpaired) electrons. The Hall–Kier alpha value is -3.68. The number of carbonyl (C=O) groups excluding carboxylic acids is 1. The quantitative estimate of drug-likeness (QED) is 0.743. The van der Waals surface area contributed by atoms with Gasteiger partial charge in [-0.05, 0) is 23.8 Å². The van der Waals surface area contributed by atoms with Crippen LogP contribution in [0.25, 0.3) is 0 Å². The van der Waals surface area contributed by atoms with Gasteiger partial charge in [0.05, 0.1) is 12.8 Å². The predicted molar refractivity (Wildman–Crippen MR) is 95.7 cm³/mol. The van der Waals surface area contributed by atoms with Crippen LogP contribution in [0.2, 0.25) is 0 Å². The average Bonchev–Trinajstić information content (AvgIpc) is 3.16. The number of ether oxygens (including phenoxy) is 1. The van der Waals surface area contributed by atoms with Gasteiger partial charge in [0.25, 0.3) is 5.91 Å². The minimum Gasteiger partial charge on any atom is -0.497 e. The summed E-state index contributed by atoms with van der Waals surface area (Å²) in [6.07, 6.45) is 0.378. The minimum absolute atomic E-state index is 0.181. The first-order valence-corrected chi connectivity index (χ1v) is 7.94. The zero-order chi connectivity index (χ0) is 18.1. The first kappa shape index (κ1) is 15.8. The maximum atomic E-state index is 12.2. The summed E-state index contributed by atoms with van der Waals surface area (Å²) in [6.45, 7) is 0. The van der Waals surface area contributed by atoms with E-state index in [-0.39, 0.29) is 11.6 Å². The number of anilines is 1. The van der Waals surface area contributed by atoms with Crippen molar-refractivity contribution in [3.05, 3.63) is 76.0 Å². The molecule has 0 saturated carbocycles. The fourth-order valence-electron chi connectivity index (χ4n) is 2.77. The van der Waals surface area contributed by atoms with Gasteiger partial charge in [0.2, 0.25) is 0 Å². The molecule has 0 aliphatic carbocycles. The molecule has 2 N–H and O–H groups in total. The lowest BCUT2D eigenvalue weighted by Crippen LogP contribution is -2.21. The molecule has 8 nitrogen and oxygen atoms in total. The molecule has 4 rings (SSSR count). The van der Waals surface area contributed by atoms with Crippen LogP contribution >= 0.6 is 0 Å². The third-order valence-corrected chi connectivity index (χ3v) is 4.08. The monoisotopic (exact) mass is 349 g/mol. The standard InChI is InChI=1S/C18H15N5O3/c1-26-12-8-6-11(7-9-12)10-15-20-21-18(25)23(15)22-16-13-4-2-3-5-14(13)19-17(16)24/h2-9H,10H2,1H3,(H,21,25)(H,19,22,24). The fraction of sp³-hybridized carbons (Fsp3) is 0.111. The first-order chi connectivity index (χ1) is 12.7. The Morgan fingerprint density at radius 1 is 1.12 bits per heavy atom. The SMILES string of the molecule is COc1ccc(Cc2n[nH]c(=O)n2/N=C2/C(=O)Nc3ccccc32)cc1. The molecule has 130 valence electrons. The smallest absolute Gasteiger partial charge is 0.364 e. The van der Waals surface area contributed by atoms with Gasteiger partial charge in [-0.2, -0.15) is 14.9 Å². The average molecular weight is 349 g/mol. The van der Waals surface area contributed by atoms with Crippen LogP contribution < -0.4 is 15.7 Å². The maximum absolute atomic E-state index is 12.2. The zero-order valence-electron chi connectivity index (χ0n) is 13.9. The van der Waals surface area contributed by atoms with Crippen LogP contribution in [0.1, 0.15) is 17.0 Å². The van der Waals surface area contributed by atoms with E-state index in [2.05, 4.69) is 20.6 Å². The van der Waals surface area contributed by atoms with Crippen molar-refractivity contribution in [3.63, 3.8) is 0 Å². The van der Waals surface area contributed by atoms with Crippen molar-refractivity contribution in [3.8, 4) is 5.75 Å². The molecule has 3 aromatic rings. The minimum atomic E-state index is -0.502. The van der Waals surface area contributed by atoms with Gasteiger partial charge in [-0.15, -0.1) is 0 Å². The molecule has 1 aromatic heterocycles. The summed E-state index contributed by atoms with van der Waals surface area (Å²) in [5, 5.41) is 13.4. The summed E-state index contributed by atoms with van der Waals surface area (Å²) in [5.74, 6) is 0.798. The summed E-state index contributed by atoms with van der Waals surface area (Å²) in [5.41, 5.74) is 1.94. The number of rotatable bonds is 4. The van der Waals surface area contributed by atoms with Gasteiger partial charge in [-0.3, -0.25) is 4.79 Å². The highest BCUT2D eigenvalue weighted by Gasteiger charge is 2.26. The number of benzene rings is 2. The maximum Gasteiger partial charge on any atom is 0.364 e. The topological polar surface area (TPSA) is 101 Å². The number of aromatic nitrogens is 3. The Morgan fingerprint density at radius 2 is 1.88 bits per heavy atom. The molecule has 1 amide bonds. The summed E-state index contributed by atoms with van der Waals surface area (Å²) in [6, 6.07) is 14.6. The molecule has 0 bridgehead atoms. The van der Waals surface area contributed by atoms with Gasteiger partial charge in [-0.1, -0.05) is 30.3 Å². The molecular formula is C18H15N5O3. The lowest BCUT2D eigenvalue weighted by molar-refractivity contribution is -0.110. The number of para-hydroxylation sites is 1. The van der Waals surface area contributed by atoms with Gasteiger partial charge in [0.15, 0.2) is 11.5 Å². The number of hydrogen-bond donors (Lipinski definition) is 2. The number of aromatic amines is 1. The van der Waals surface area contributed by atoms with Gasteiger partial charge in [-0.25, -0.2) is 9.89 Å². The number of nitrogens with zero attached hydrogens (tertiary/aromatic N) is 3. The summed E-state index contributed by atoms with van der Waals surface area (Å²) in [4.78, 5) is 24.3.